The Morgan fingerprint density at radius 1 is 1.03 bits per heavy atom. The van der Waals surface area contributed by atoms with Gasteiger partial charge < -0.3 is 20.3 Å². The van der Waals surface area contributed by atoms with Gasteiger partial charge in [0.05, 0.1) is 12.6 Å². The van der Waals surface area contributed by atoms with Crippen LogP contribution in [0.2, 0.25) is 0 Å². The van der Waals surface area contributed by atoms with Gasteiger partial charge in [0, 0.05) is 33.3 Å². The Bertz CT molecular complexity index is 827. The summed E-state index contributed by atoms with van der Waals surface area (Å²) in [6.45, 7) is 7.70. The molecule has 0 saturated carbocycles. The number of amides is 1. The first-order chi connectivity index (χ1) is 14.3. The summed E-state index contributed by atoms with van der Waals surface area (Å²) in [6.07, 6.45) is 0. The van der Waals surface area contributed by atoms with Gasteiger partial charge in [0.15, 0.2) is 5.96 Å². The Morgan fingerprint density at radius 2 is 1.67 bits per heavy atom. The van der Waals surface area contributed by atoms with E-state index >= 15 is 0 Å². The van der Waals surface area contributed by atoms with Crippen molar-refractivity contribution in [2.75, 3.05) is 27.7 Å². The Kier molecular flexibility index (Phi) is 8.71. The molecule has 0 aromatic heterocycles. The molecule has 0 saturated heterocycles. The molecule has 0 heterocycles. The smallest absolute Gasteiger partial charge is 0.253 e. The predicted molar refractivity (Wildman–Crippen MR) is 123 cm³/mol. The number of hydrogen-bond acceptors (Lipinski definition) is 3. The second-order valence-corrected chi connectivity index (χ2v) is 7.96. The average Bonchev–Trinajstić information content (AvgIpc) is 2.75. The van der Waals surface area contributed by atoms with Gasteiger partial charge in [0.1, 0.15) is 5.75 Å². The molecule has 0 spiro atoms. The van der Waals surface area contributed by atoms with E-state index in [0.29, 0.717) is 24.6 Å². The molecule has 162 valence electrons. The van der Waals surface area contributed by atoms with Crippen molar-refractivity contribution in [3.05, 3.63) is 65.2 Å². The Labute approximate surface area is 180 Å². The number of benzene rings is 2. The van der Waals surface area contributed by atoms with E-state index in [1.54, 1.807) is 26.0 Å². The van der Waals surface area contributed by atoms with E-state index < -0.39 is 0 Å². The van der Waals surface area contributed by atoms with Crippen molar-refractivity contribution in [1.29, 1.82) is 0 Å². The van der Waals surface area contributed by atoms with Crippen LogP contribution in [0.25, 0.3) is 0 Å². The van der Waals surface area contributed by atoms with Crippen molar-refractivity contribution in [3.8, 4) is 5.75 Å². The third-order valence-electron chi connectivity index (χ3n) is 4.61. The molecule has 1 unspecified atom stereocenters. The normalized spacial score (nSPS) is 12.4. The molecule has 6 nitrogen and oxygen atoms in total. The highest BCUT2D eigenvalue weighted by Gasteiger charge is 2.10. The number of nitrogens with one attached hydrogen (secondary N) is 2. The van der Waals surface area contributed by atoms with Crippen LogP contribution in [0.5, 0.6) is 5.75 Å². The SMILES string of the molecule is CN=C(NCc1ccc(C(=O)N(C)C)cc1)NC(C)c1ccc(OCC(C)C)cc1. The van der Waals surface area contributed by atoms with E-state index in [1.165, 1.54) is 0 Å². The standard InChI is InChI=1S/C24H34N4O2/c1-17(2)16-30-22-13-11-20(12-14-22)18(3)27-24(25-4)26-15-19-7-9-21(10-8-19)23(29)28(5)6/h7-14,17-18H,15-16H2,1-6H3,(H2,25,26,27). The van der Waals surface area contributed by atoms with Crippen molar-refractivity contribution < 1.29 is 9.53 Å². The van der Waals surface area contributed by atoms with Crippen LogP contribution < -0.4 is 15.4 Å². The molecule has 0 fully saturated rings. The molecule has 0 aliphatic carbocycles. The summed E-state index contributed by atoms with van der Waals surface area (Å²) in [5.41, 5.74) is 2.91. The lowest BCUT2D eigenvalue weighted by Gasteiger charge is -2.19. The number of aliphatic imine (C=N–C) groups is 1. The van der Waals surface area contributed by atoms with E-state index in [2.05, 4.69) is 48.5 Å². The molecule has 1 amide bonds. The van der Waals surface area contributed by atoms with Gasteiger partial charge in [-0.15, -0.1) is 0 Å². The molecule has 2 aromatic carbocycles. The molecule has 2 aromatic rings. The van der Waals surface area contributed by atoms with E-state index in [9.17, 15) is 4.79 Å². The van der Waals surface area contributed by atoms with E-state index in [-0.39, 0.29) is 11.9 Å². The van der Waals surface area contributed by atoms with E-state index in [0.717, 1.165) is 22.8 Å². The lowest BCUT2D eigenvalue weighted by molar-refractivity contribution is 0.0827. The maximum absolute atomic E-state index is 12.0. The first-order valence-electron chi connectivity index (χ1n) is 10.3. The molecule has 2 N–H and O–H groups in total. The van der Waals surface area contributed by atoms with Gasteiger partial charge in [0.2, 0.25) is 0 Å². The van der Waals surface area contributed by atoms with Gasteiger partial charge in [0.25, 0.3) is 5.91 Å². The summed E-state index contributed by atoms with van der Waals surface area (Å²) >= 11 is 0. The summed E-state index contributed by atoms with van der Waals surface area (Å²) in [7, 11) is 5.26. The van der Waals surface area contributed by atoms with Crippen molar-refractivity contribution in [2.45, 2.75) is 33.4 Å². The number of carbonyl (C=O) groups is 1. The minimum atomic E-state index is 0.00133. The summed E-state index contributed by atoms with van der Waals surface area (Å²) in [4.78, 5) is 17.9. The number of carbonyl (C=O) groups excluding carboxylic acids is 1. The van der Waals surface area contributed by atoms with Crippen LogP contribution in [0.4, 0.5) is 0 Å². The van der Waals surface area contributed by atoms with Crippen LogP contribution in [-0.4, -0.2) is 44.5 Å². The highest BCUT2D eigenvalue weighted by atomic mass is 16.5. The zero-order valence-corrected chi connectivity index (χ0v) is 18.9. The Hall–Kier alpha value is -3.02. The lowest BCUT2D eigenvalue weighted by Crippen LogP contribution is -2.38. The minimum absolute atomic E-state index is 0.00133. The molecule has 0 radical (unpaired) electrons. The highest BCUT2D eigenvalue weighted by Crippen LogP contribution is 2.18. The summed E-state index contributed by atoms with van der Waals surface area (Å²) < 4.78 is 5.75. The van der Waals surface area contributed by atoms with Gasteiger partial charge in [-0.25, -0.2) is 0 Å². The lowest BCUT2D eigenvalue weighted by atomic mass is 10.1. The first kappa shape index (κ1) is 23.3. The van der Waals surface area contributed by atoms with Crippen LogP contribution in [0.1, 0.15) is 48.3 Å². The van der Waals surface area contributed by atoms with Crippen LogP contribution in [-0.2, 0) is 6.54 Å². The van der Waals surface area contributed by atoms with Gasteiger partial charge >= 0.3 is 0 Å². The first-order valence-corrected chi connectivity index (χ1v) is 10.3. The summed E-state index contributed by atoms with van der Waals surface area (Å²) in [5.74, 6) is 2.11. The van der Waals surface area contributed by atoms with E-state index in [4.69, 9.17) is 4.74 Å². The average molecular weight is 411 g/mol. The largest absolute Gasteiger partial charge is 0.493 e. The number of rotatable bonds is 8. The molecule has 0 bridgehead atoms. The van der Waals surface area contributed by atoms with Gasteiger partial charge in [-0.05, 0) is 48.2 Å². The van der Waals surface area contributed by atoms with Crippen LogP contribution in [0.15, 0.2) is 53.5 Å². The molecule has 0 aliphatic heterocycles. The topological polar surface area (TPSA) is 66.0 Å². The quantitative estimate of drug-likeness (QED) is 0.512. The van der Waals surface area contributed by atoms with Crippen molar-refractivity contribution in [3.63, 3.8) is 0 Å². The molecule has 2 rings (SSSR count). The van der Waals surface area contributed by atoms with Crippen LogP contribution >= 0.6 is 0 Å². The molecule has 6 heteroatoms. The van der Waals surface area contributed by atoms with Crippen molar-refractivity contribution in [1.82, 2.24) is 15.5 Å². The highest BCUT2D eigenvalue weighted by molar-refractivity contribution is 5.93. The van der Waals surface area contributed by atoms with Gasteiger partial charge in [-0.3, -0.25) is 9.79 Å². The minimum Gasteiger partial charge on any atom is -0.493 e. The predicted octanol–water partition coefficient (Wildman–Crippen LogP) is 3.85. The zero-order chi connectivity index (χ0) is 22.1. The fourth-order valence-corrected chi connectivity index (χ4v) is 2.81. The van der Waals surface area contributed by atoms with Gasteiger partial charge in [-0.2, -0.15) is 0 Å². The molecule has 0 aliphatic rings. The Balaban J connectivity index is 1.88. The number of ether oxygens (including phenoxy) is 1. The monoisotopic (exact) mass is 410 g/mol. The second-order valence-electron chi connectivity index (χ2n) is 7.96. The Morgan fingerprint density at radius 3 is 2.20 bits per heavy atom. The molecule has 30 heavy (non-hydrogen) atoms. The van der Waals surface area contributed by atoms with Crippen molar-refractivity contribution >= 4 is 11.9 Å². The number of nitrogens with zero attached hydrogens (tertiary/aromatic N) is 2. The maximum atomic E-state index is 12.0. The summed E-state index contributed by atoms with van der Waals surface area (Å²) in [6, 6.07) is 15.8. The van der Waals surface area contributed by atoms with Crippen LogP contribution in [0.3, 0.4) is 0 Å². The van der Waals surface area contributed by atoms with Crippen LogP contribution in [0, 0.1) is 5.92 Å². The molecular formula is C24H34N4O2. The third kappa shape index (κ3) is 7.10. The van der Waals surface area contributed by atoms with Gasteiger partial charge in [-0.1, -0.05) is 38.1 Å². The number of guanidine groups is 1. The zero-order valence-electron chi connectivity index (χ0n) is 18.9. The maximum Gasteiger partial charge on any atom is 0.253 e. The molecular weight excluding hydrogens is 376 g/mol. The van der Waals surface area contributed by atoms with E-state index in [1.807, 2.05) is 36.4 Å². The molecule has 1 atom stereocenters. The third-order valence-corrected chi connectivity index (χ3v) is 4.61. The van der Waals surface area contributed by atoms with Crippen molar-refractivity contribution in [2.24, 2.45) is 10.9 Å². The fourth-order valence-electron chi connectivity index (χ4n) is 2.81. The second kappa shape index (κ2) is 11.2. The fraction of sp³-hybridized carbons (Fsp3) is 0.417. The summed E-state index contributed by atoms with van der Waals surface area (Å²) in [5, 5.41) is 6.73. The number of hydrogen-bond donors (Lipinski definition) is 2.